The Morgan fingerprint density at radius 1 is 1.32 bits per heavy atom. The molecule has 0 radical (unpaired) electrons. The molecule has 0 aliphatic heterocycles. The molecule has 4 heteroatoms. The molecule has 0 spiro atoms. The first kappa shape index (κ1) is 13.9. The lowest BCUT2D eigenvalue weighted by molar-refractivity contribution is 0.699. The first-order chi connectivity index (χ1) is 9.27. The van der Waals surface area contributed by atoms with Crippen molar-refractivity contribution < 1.29 is 0 Å². The van der Waals surface area contributed by atoms with E-state index in [1.54, 1.807) is 0 Å². The maximum Gasteiger partial charge on any atom is 0.150 e. The van der Waals surface area contributed by atoms with Gasteiger partial charge in [-0.05, 0) is 25.1 Å². The van der Waals surface area contributed by atoms with Crippen molar-refractivity contribution in [2.45, 2.75) is 32.6 Å². The number of fused-ring (bicyclic) bond motifs is 1. The predicted molar refractivity (Wildman–Crippen MR) is 80.7 cm³/mol. The van der Waals surface area contributed by atoms with Gasteiger partial charge in [0.05, 0.1) is 5.69 Å². The lowest BCUT2D eigenvalue weighted by Crippen LogP contribution is -2.21. The SMILES string of the molecule is CCCCCN(C)c1nc2ccccn2c1CCN. The van der Waals surface area contributed by atoms with Crippen LogP contribution in [0, 0.1) is 0 Å². The van der Waals surface area contributed by atoms with E-state index >= 15 is 0 Å². The summed E-state index contributed by atoms with van der Waals surface area (Å²) < 4.78 is 2.15. The Morgan fingerprint density at radius 2 is 2.16 bits per heavy atom. The van der Waals surface area contributed by atoms with Gasteiger partial charge in [-0.2, -0.15) is 0 Å². The normalized spacial score (nSPS) is 11.1. The molecule has 2 rings (SSSR count). The zero-order valence-electron chi connectivity index (χ0n) is 12.0. The van der Waals surface area contributed by atoms with Crippen LogP contribution in [-0.2, 0) is 6.42 Å². The highest BCUT2D eigenvalue weighted by atomic mass is 15.2. The van der Waals surface area contributed by atoms with Gasteiger partial charge in [-0.25, -0.2) is 4.98 Å². The molecule has 2 aromatic heterocycles. The molecule has 0 atom stereocenters. The van der Waals surface area contributed by atoms with Gasteiger partial charge in [0.25, 0.3) is 0 Å². The topological polar surface area (TPSA) is 46.6 Å². The average Bonchev–Trinajstić information content (AvgIpc) is 2.79. The number of pyridine rings is 1. The summed E-state index contributed by atoms with van der Waals surface area (Å²) in [7, 11) is 2.12. The van der Waals surface area contributed by atoms with Crippen LogP contribution in [0.5, 0.6) is 0 Å². The second kappa shape index (κ2) is 6.57. The average molecular weight is 260 g/mol. The van der Waals surface area contributed by atoms with Gasteiger partial charge >= 0.3 is 0 Å². The Kier molecular flexibility index (Phi) is 4.80. The highest BCUT2D eigenvalue weighted by molar-refractivity contribution is 5.55. The predicted octanol–water partition coefficient (Wildman–Crippen LogP) is 2.46. The molecule has 0 aliphatic rings. The van der Waals surface area contributed by atoms with Crippen LogP contribution >= 0.6 is 0 Å². The molecule has 0 unspecified atom stereocenters. The maximum atomic E-state index is 5.74. The zero-order chi connectivity index (χ0) is 13.7. The Bertz CT molecular complexity index is 518. The lowest BCUT2D eigenvalue weighted by Gasteiger charge is -2.18. The van der Waals surface area contributed by atoms with Crippen LogP contribution in [0.1, 0.15) is 31.9 Å². The summed E-state index contributed by atoms with van der Waals surface area (Å²) in [6, 6.07) is 6.11. The number of hydrogen-bond donors (Lipinski definition) is 1. The fraction of sp³-hybridized carbons (Fsp3) is 0.533. The molecular weight excluding hydrogens is 236 g/mol. The van der Waals surface area contributed by atoms with Crippen LogP contribution in [0.15, 0.2) is 24.4 Å². The third kappa shape index (κ3) is 3.07. The van der Waals surface area contributed by atoms with Crippen LogP contribution in [0.25, 0.3) is 5.65 Å². The van der Waals surface area contributed by atoms with E-state index < -0.39 is 0 Å². The fourth-order valence-electron chi connectivity index (χ4n) is 2.41. The van der Waals surface area contributed by atoms with E-state index in [2.05, 4.69) is 29.5 Å². The summed E-state index contributed by atoms with van der Waals surface area (Å²) in [4.78, 5) is 7.00. The van der Waals surface area contributed by atoms with Gasteiger partial charge in [-0.3, -0.25) is 0 Å². The van der Waals surface area contributed by atoms with Gasteiger partial charge in [0, 0.05) is 26.2 Å². The van der Waals surface area contributed by atoms with E-state index in [1.165, 1.54) is 25.0 Å². The van der Waals surface area contributed by atoms with E-state index in [1.807, 2.05) is 18.2 Å². The Morgan fingerprint density at radius 3 is 2.89 bits per heavy atom. The molecule has 0 saturated carbocycles. The summed E-state index contributed by atoms with van der Waals surface area (Å²) in [5.41, 5.74) is 7.96. The highest BCUT2D eigenvalue weighted by Crippen LogP contribution is 2.21. The van der Waals surface area contributed by atoms with E-state index in [0.29, 0.717) is 6.54 Å². The number of anilines is 1. The first-order valence-corrected chi connectivity index (χ1v) is 7.15. The number of rotatable bonds is 7. The molecule has 0 amide bonds. The molecule has 2 N–H and O–H groups in total. The summed E-state index contributed by atoms with van der Waals surface area (Å²) in [5.74, 6) is 1.08. The highest BCUT2D eigenvalue weighted by Gasteiger charge is 2.14. The van der Waals surface area contributed by atoms with Crippen molar-refractivity contribution in [1.29, 1.82) is 0 Å². The van der Waals surface area contributed by atoms with E-state index in [-0.39, 0.29) is 0 Å². The molecule has 0 aromatic carbocycles. The second-order valence-electron chi connectivity index (χ2n) is 4.98. The largest absolute Gasteiger partial charge is 0.358 e. The van der Waals surface area contributed by atoms with Gasteiger partial charge in [0.1, 0.15) is 5.65 Å². The molecule has 0 aliphatic carbocycles. The smallest absolute Gasteiger partial charge is 0.150 e. The molecule has 0 fully saturated rings. The van der Waals surface area contributed by atoms with Crippen LogP contribution in [0.2, 0.25) is 0 Å². The number of imidazole rings is 1. The standard InChI is InChI=1S/C15H24N4/c1-3-4-6-11-18(2)15-13(9-10-16)19-12-7-5-8-14(19)17-15/h5,7-8,12H,3-4,6,9-11,16H2,1-2H3. The Hall–Kier alpha value is -1.55. The summed E-state index contributed by atoms with van der Waals surface area (Å²) >= 11 is 0. The van der Waals surface area contributed by atoms with Crippen molar-refractivity contribution in [2.24, 2.45) is 5.73 Å². The van der Waals surface area contributed by atoms with Crippen LogP contribution in [0.3, 0.4) is 0 Å². The van der Waals surface area contributed by atoms with E-state index in [9.17, 15) is 0 Å². The van der Waals surface area contributed by atoms with Gasteiger partial charge in [-0.15, -0.1) is 0 Å². The first-order valence-electron chi connectivity index (χ1n) is 7.15. The van der Waals surface area contributed by atoms with Gasteiger partial charge < -0.3 is 15.0 Å². The summed E-state index contributed by atoms with van der Waals surface area (Å²) in [6.45, 7) is 3.93. The molecule has 2 aromatic rings. The maximum absolute atomic E-state index is 5.74. The van der Waals surface area contributed by atoms with Crippen molar-refractivity contribution >= 4 is 11.5 Å². The quantitative estimate of drug-likeness (QED) is 0.778. The second-order valence-corrected chi connectivity index (χ2v) is 4.98. The number of nitrogens with two attached hydrogens (primary N) is 1. The minimum atomic E-state index is 0.651. The molecule has 0 saturated heterocycles. The van der Waals surface area contributed by atoms with Crippen LogP contribution < -0.4 is 10.6 Å². The third-order valence-corrected chi connectivity index (χ3v) is 3.45. The van der Waals surface area contributed by atoms with Crippen LogP contribution in [0.4, 0.5) is 5.82 Å². The minimum Gasteiger partial charge on any atom is -0.358 e. The molecule has 19 heavy (non-hydrogen) atoms. The van der Waals surface area contributed by atoms with E-state index in [0.717, 1.165) is 24.4 Å². The van der Waals surface area contributed by atoms with Crippen molar-refractivity contribution in [3.8, 4) is 0 Å². The van der Waals surface area contributed by atoms with Crippen LogP contribution in [-0.4, -0.2) is 29.5 Å². The summed E-state index contributed by atoms with van der Waals surface area (Å²) in [5, 5.41) is 0. The van der Waals surface area contributed by atoms with Crippen molar-refractivity contribution in [1.82, 2.24) is 9.38 Å². The van der Waals surface area contributed by atoms with Crippen molar-refractivity contribution in [2.75, 3.05) is 25.0 Å². The number of nitrogens with zero attached hydrogens (tertiary/aromatic N) is 3. The molecule has 2 heterocycles. The number of hydrogen-bond acceptors (Lipinski definition) is 3. The molecule has 4 nitrogen and oxygen atoms in total. The zero-order valence-corrected chi connectivity index (χ0v) is 12.0. The monoisotopic (exact) mass is 260 g/mol. The third-order valence-electron chi connectivity index (χ3n) is 3.45. The number of aromatic nitrogens is 2. The van der Waals surface area contributed by atoms with Crippen molar-refractivity contribution in [3.63, 3.8) is 0 Å². The number of unbranched alkanes of at least 4 members (excludes halogenated alkanes) is 2. The Balaban J connectivity index is 2.27. The van der Waals surface area contributed by atoms with E-state index in [4.69, 9.17) is 10.7 Å². The molecule has 0 bridgehead atoms. The summed E-state index contributed by atoms with van der Waals surface area (Å²) in [6.07, 6.45) is 6.65. The van der Waals surface area contributed by atoms with Gasteiger partial charge in [-0.1, -0.05) is 25.8 Å². The Labute approximate surface area is 115 Å². The fourth-order valence-corrected chi connectivity index (χ4v) is 2.41. The lowest BCUT2D eigenvalue weighted by atomic mass is 10.2. The van der Waals surface area contributed by atoms with Crippen molar-refractivity contribution in [3.05, 3.63) is 30.1 Å². The minimum absolute atomic E-state index is 0.651. The molecular formula is C15H24N4. The van der Waals surface area contributed by atoms with Gasteiger partial charge in [0.15, 0.2) is 5.82 Å². The van der Waals surface area contributed by atoms with Gasteiger partial charge in [0.2, 0.25) is 0 Å². The molecule has 104 valence electrons.